The molecule has 0 aliphatic carbocycles. The maximum atomic E-state index is 13.0. The molecule has 2 aliphatic rings. The summed E-state index contributed by atoms with van der Waals surface area (Å²) in [5.41, 5.74) is 5.07. The maximum absolute atomic E-state index is 13.0. The lowest BCUT2D eigenvalue weighted by Crippen LogP contribution is -2.47. The lowest BCUT2D eigenvalue weighted by atomic mass is 10.2. The van der Waals surface area contributed by atoms with Gasteiger partial charge in [0.15, 0.2) is 18.2 Å². The molecule has 3 heterocycles. The molecule has 1 aromatic rings. The van der Waals surface area contributed by atoms with E-state index in [1.165, 1.54) is 14.7 Å². The van der Waals surface area contributed by atoms with Crippen molar-refractivity contribution >= 4 is 39.6 Å². The average Bonchev–Trinajstić information content (AvgIpc) is 3.15. The molecule has 1 atom stereocenters. The number of fused-ring (bicyclic) bond motifs is 1. The van der Waals surface area contributed by atoms with Gasteiger partial charge in [-0.25, -0.2) is 19.8 Å². The van der Waals surface area contributed by atoms with E-state index in [-0.39, 0.29) is 51.2 Å². The lowest BCUT2D eigenvalue weighted by Gasteiger charge is -2.31. The number of nitrogens with zero attached hydrogens (tertiary/aromatic N) is 4. The van der Waals surface area contributed by atoms with Crippen molar-refractivity contribution in [3.63, 3.8) is 0 Å². The summed E-state index contributed by atoms with van der Waals surface area (Å²) >= 11 is 0. The van der Waals surface area contributed by atoms with Gasteiger partial charge in [0.25, 0.3) is 5.91 Å². The van der Waals surface area contributed by atoms with Gasteiger partial charge in [-0.2, -0.15) is 0 Å². The largest absolute Gasteiger partial charge is 0.480 e. The topological polar surface area (TPSA) is 128 Å². The average molecular weight is 526 g/mol. The quantitative estimate of drug-likeness (QED) is 0.483. The molecule has 202 valence electrons. The zero-order valence-corrected chi connectivity index (χ0v) is 22.9. The minimum Gasteiger partial charge on any atom is -0.480 e. The van der Waals surface area contributed by atoms with Crippen LogP contribution in [0.15, 0.2) is 12.1 Å². The van der Waals surface area contributed by atoms with E-state index in [9.17, 15) is 14.4 Å². The molecule has 1 saturated heterocycles. The molecule has 36 heavy (non-hydrogen) atoms. The Balaban J connectivity index is 1.76. The SMILES string of the molecule is CC(C)(C)OC(=O)N(CCN)C1CC(=O)N(c2ccc3c(n2)N(COCCS(C)(C)C)C(=O)CO3)C1. The van der Waals surface area contributed by atoms with E-state index in [1.807, 2.05) is 0 Å². The van der Waals surface area contributed by atoms with Crippen molar-refractivity contribution in [1.82, 2.24) is 9.88 Å². The van der Waals surface area contributed by atoms with Crippen molar-refractivity contribution in [1.29, 1.82) is 0 Å². The van der Waals surface area contributed by atoms with E-state index < -0.39 is 27.8 Å². The molecular formula is C24H39N5O6S. The van der Waals surface area contributed by atoms with Gasteiger partial charge in [0.05, 0.1) is 12.6 Å². The highest BCUT2D eigenvalue weighted by Gasteiger charge is 2.39. The summed E-state index contributed by atoms with van der Waals surface area (Å²) in [5.74, 6) is 1.61. The van der Waals surface area contributed by atoms with E-state index in [1.54, 1.807) is 32.9 Å². The van der Waals surface area contributed by atoms with Crippen LogP contribution in [0.2, 0.25) is 0 Å². The molecule has 12 heteroatoms. The minimum atomic E-state index is -0.716. The van der Waals surface area contributed by atoms with Gasteiger partial charge >= 0.3 is 6.09 Å². The first kappa shape index (κ1) is 28.0. The first-order chi connectivity index (χ1) is 16.8. The Bertz CT molecular complexity index is 977. The fourth-order valence-corrected chi connectivity index (χ4v) is 4.43. The molecule has 1 aromatic heterocycles. The smallest absolute Gasteiger partial charge is 0.410 e. The molecule has 1 unspecified atom stereocenters. The van der Waals surface area contributed by atoms with Crippen molar-refractivity contribution in [3.8, 4) is 5.75 Å². The summed E-state index contributed by atoms with van der Waals surface area (Å²) in [6.07, 6.45) is 6.23. The van der Waals surface area contributed by atoms with Crippen molar-refractivity contribution < 1.29 is 28.6 Å². The van der Waals surface area contributed by atoms with Crippen LogP contribution < -0.4 is 20.3 Å². The highest BCUT2D eigenvalue weighted by Crippen LogP contribution is 2.35. The molecule has 3 rings (SSSR count). The molecule has 0 spiro atoms. The first-order valence-electron chi connectivity index (χ1n) is 12.0. The van der Waals surface area contributed by atoms with Gasteiger partial charge in [0.1, 0.15) is 18.1 Å². The van der Waals surface area contributed by atoms with Gasteiger partial charge < -0.3 is 24.8 Å². The van der Waals surface area contributed by atoms with Crippen molar-refractivity contribution in [2.24, 2.45) is 5.73 Å². The summed E-state index contributed by atoms with van der Waals surface area (Å²) in [5, 5.41) is 0. The fraction of sp³-hybridized carbons (Fsp3) is 0.667. The number of pyridine rings is 1. The molecule has 0 saturated carbocycles. The highest BCUT2D eigenvalue weighted by molar-refractivity contribution is 8.32. The first-order valence-corrected chi connectivity index (χ1v) is 15.0. The maximum Gasteiger partial charge on any atom is 0.410 e. The predicted molar refractivity (Wildman–Crippen MR) is 141 cm³/mol. The number of nitrogens with two attached hydrogens (primary N) is 1. The Morgan fingerprint density at radius 3 is 2.61 bits per heavy atom. The number of anilines is 2. The Hall–Kier alpha value is -2.57. The number of amides is 3. The normalized spacial score (nSPS) is 18.7. The number of hydrogen-bond acceptors (Lipinski definition) is 8. The van der Waals surface area contributed by atoms with Gasteiger partial charge in [-0.1, -0.05) is 0 Å². The van der Waals surface area contributed by atoms with E-state index in [0.717, 1.165) is 5.75 Å². The molecule has 2 aliphatic heterocycles. The molecule has 0 radical (unpaired) electrons. The summed E-state index contributed by atoms with van der Waals surface area (Å²) in [7, 11) is -0.716. The number of hydrogen-bond donors (Lipinski definition) is 1. The summed E-state index contributed by atoms with van der Waals surface area (Å²) < 4.78 is 16.9. The molecule has 0 bridgehead atoms. The predicted octanol–water partition coefficient (Wildman–Crippen LogP) is 1.78. The lowest BCUT2D eigenvalue weighted by molar-refractivity contribution is -0.122. The van der Waals surface area contributed by atoms with Crippen molar-refractivity contribution in [3.05, 3.63) is 12.1 Å². The van der Waals surface area contributed by atoms with Crippen molar-refractivity contribution in [2.45, 2.75) is 38.8 Å². The van der Waals surface area contributed by atoms with Crippen LogP contribution in [0.25, 0.3) is 0 Å². The molecular weight excluding hydrogens is 486 g/mol. The molecule has 11 nitrogen and oxygen atoms in total. The van der Waals surface area contributed by atoms with E-state index in [0.29, 0.717) is 24.0 Å². The molecule has 1 fully saturated rings. The number of ether oxygens (including phenoxy) is 3. The van der Waals surface area contributed by atoms with Gasteiger partial charge in [0.2, 0.25) is 5.91 Å². The molecule has 2 N–H and O–H groups in total. The van der Waals surface area contributed by atoms with Crippen LogP contribution in [0, 0.1) is 0 Å². The minimum absolute atomic E-state index is 0.0562. The van der Waals surface area contributed by atoms with Crippen LogP contribution in [0.1, 0.15) is 27.2 Å². The second kappa shape index (κ2) is 11.2. The third-order valence-electron chi connectivity index (χ3n) is 5.61. The van der Waals surface area contributed by atoms with Crippen LogP contribution in [-0.2, 0) is 19.1 Å². The second-order valence-corrected chi connectivity index (χ2v) is 15.3. The van der Waals surface area contributed by atoms with Crippen LogP contribution in [-0.4, -0.2) is 104 Å². The van der Waals surface area contributed by atoms with Crippen LogP contribution in [0.5, 0.6) is 5.75 Å². The van der Waals surface area contributed by atoms with Gasteiger partial charge in [-0.05, 0) is 51.7 Å². The van der Waals surface area contributed by atoms with Crippen LogP contribution >= 0.6 is 10.0 Å². The Labute approximate surface area is 214 Å². The number of rotatable bonds is 9. The summed E-state index contributed by atoms with van der Waals surface area (Å²) in [6, 6.07) is 2.96. The summed E-state index contributed by atoms with van der Waals surface area (Å²) in [6.45, 7) is 6.61. The van der Waals surface area contributed by atoms with E-state index >= 15 is 0 Å². The fourth-order valence-electron chi connectivity index (χ4n) is 3.82. The van der Waals surface area contributed by atoms with Crippen LogP contribution in [0.3, 0.4) is 0 Å². The van der Waals surface area contributed by atoms with Gasteiger partial charge in [0, 0.05) is 31.8 Å². The van der Waals surface area contributed by atoms with Gasteiger partial charge in [-0.3, -0.25) is 19.4 Å². The zero-order valence-electron chi connectivity index (χ0n) is 22.1. The third kappa shape index (κ3) is 7.23. The standard InChI is InChI=1S/C24H39N5O6S/c1-24(2,3)35-23(32)27(10-9-25)17-13-20(30)28(14-17)19-8-7-18-22(26-19)29(21(31)15-34-18)16-33-11-12-36(4,5)6/h7-8,17H,9-16,25H2,1-6H3. The van der Waals surface area contributed by atoms with Crippen LogP contribution in [0.4, 0.5) is 16.4 Å². The molecule has 0 aromatic carbocycles. The van der Waals surface area contributed by atoms with E-state index in [2.05, 4.69) is 23.8 Å². The second-order valence-electron chi connectivity index (χ2n) is 10.8. The number of aromatic nitrogens is 1. The highest BCUT2D eigenvalue weighted by atomic mass is 32.3. The third-order valence-corrected chi connectivity index (χ3v) is 7.00. The number of carbonyl (C=O) groups excluding carboxylic acids is 3. The summed E-state index contributed by atoms with van der Waals surface area (Å²) in [4.78, 5) is 47.4. The monoisotopic (exact) mass is 525 g/mol. The van der Waals surface area contributed by atoms with Crippen molar-refractivity contribution in [2.75, 3.05) is 73.9 Å². The Kier molecular flexibility index (Phi) is 8.73. The zero-order chi connectivity index (χ0) is 26.7. The number of carbonyl (C=O) groups is 3. The molecule has 3 amide bonds. The van der Waals surface area contributed by atoms with E-state index in [4.69, 9.17) is 19.9 Å². The Morgan fingerprint density at radius 2 is 1.97 bits per heavy atom. The Morgan fingerprint density at radius 1 is 1.25 bits per heavy atom. The van der Waals surface area contributed by atoms with Gasteiger partial charge in [-0.15, -0.1) is 0 Å².